The van der Waals surface area contributed by atoms with Crippen LogP contribution in [0.25, 0.3) is 11.3 Å². The van der Waals surface area contributed by atoms with Crippen molar-refractivity contribution < 1.29 is 9.90 Å². The summed E-state index contributed by atoms with van der Waals surface area (Å²) in [6.45, 7) is 0. The third kappa shape index (κ3) is 3.25. The molecule has 0 aromatic carbocycles. The average Bonchev–Trinajstić information content (AvgIpc) is 2.81. The van der Waals surface area contributed by atoms with Gasteiger partial charge in [-0.15, -0.1) is 0 Å². The van der Waals surface area contributed by atoms with E-state index < -0.39 is 6.09 Å². The first-order valence-electron chi connectivity index (χ1n) is 4.96. The van der Waals surface area contributed by atoms with Gasteiger partial charge in [0.1, 0.15) is 5.82 Å². The van der Waals surface area contributed by atoms with Crippen molar-refractivity contribution in [2.75, 3.05) is 5.32 Å². The molecule has 0 atom stereocenters. The fraction of sp³-hybridized carbons (Fsp3) is 0. The van der Waals surface area contributed by atoms with Crippen LogP contribution in [0.4, 0.5) is 10.6 Å². The molecule has 0 spiro atoms. The number of aromatic nitrogens is 1. The van der Waals surface area contributed by atoms with Gasteiger partial charge in [-0.2, -0.15) is 11.3 Å². The molecule has 0 aliphatic rings. The highest BCUT2D eigenvalue weighted by Crippen LogP contribution is 2.21. The normalized spacial score (nSPS) is 9.78. The predicted molar refractivity (Wildman–Crippen MR) is 74.9 cm³/mol. The summed E-state index contributed by atoms with van der Waals surface area (Å²) in [5.41, 5.74) is 1.82. The van der Waals surface area contributed by atoms with E-state index in [-0.39, 0.29) is 5.11 Å². The summed E-state index contributed by atoms with van der Waals surface area (Å²) in [4.78, 5) is 14.7. The number of thiocarbonyl (C=S) groups is 1. The van der Waals surface area contributed by atoms with Crippen LogP contribution in [0.5, 0.6) is 0 Å². The fourth-order valence-electron chi connectivity index (χ4n) is 1.32. The van der Waals surface area contributed by atoms with Crippen LogP contribution in [0.15, 0.2) is 35.0 Å². The first kappa shape index (κ1) is 12.5. The first-order valence-corrected chi connectivity index (χ1v) is 6.31. The monoisotopic (exact) mass is 279 g/mol. The zero-order chi connectivity index (χ0) is 13.0. The van der Waals surface area contributed by atoms with Crippen LogP contribution >= 0.6 is 23.6 Å². The highest BCUT2D eigenvalue weighted by atomic mass is 32.1. The number of carboxylic acid groups (broad SMARTS) is 1. The van der Waals surface area contributed by atoms with Crippen LogP contribution in [0.3, 0.4) is 0 Å². The maximum Gasteiger partial charge on any atom is 0.410 e. The van der Waals surface area contributed by atoms with Crippen molar-refractivity contribution in [3.63, 3.8) is 0 Å². The van der Waals surface area contributed by atoms with E-state index in [2.05, 4.69) is 10.3 Å². The number of amides is 1. The topological polar surface area (TPSA) is 74.2 Å². The van der Waals surface area contributed by atoms with Gasteiger partial charge in [-0.05, 0) is 35.8 Å². The number of nitrogens with one attached hydrogen (secondary N) is 2. The number of hydrogen-bond acceptors (Lipinski definition) is 4. The van der Waals surface area contributed by atoms with Crippen molar-refractivity contribution in [3.05, 3.63) is 35.0 Å². The molecular weight excluding hydrogens is 270 g/mol. The van der Waals surface area contributed by atoms with Crippen molar-refractivity contribution in [1.29, 1.82) is 0 Å². The van der Waals surface area contributed by atoms with Crippen LogP contribution in [0.2, 0.25) is 0 Å². The van der Waals surface area contributed by atoms with E-state index in [0.717, 1.165) is 11.3 Å². The summed E-state index contributed by atoms with van der Waals surface area (Å²) in [5.74, 6) is 0.498. The van der Waals surface area contributed by atoms with Gasteiger partial charge in [-0.25, -0.2) is 9.78 Å². The second kappa shape index (κ2) is 5.56. The Kier molecular flexibility index (Phi) is 3.85. The Morgan fingerprint density at radius 2 is 2.22 bits per heavy atom. The molecule has 18 heavy (non-hydrogen) atoms. The minimum atomic E-state index is -1.21. The Hall–Kier alpha value is -1.99. The molecule has 0 aliphatic carbocycles. The molecule has 0 radical (unpaired) electrons. The zero-order valence-electron chi connectivity index (χ0n) is 9.08. The third-order valence-corrected chi connectivity index (χ3v) is 2.92. The van der Waals surface area contributed by atoms with Gasteiger partial charge in [-0.3, -0.25) is 5.32 Å². The highest BCUT2D eigenvalue weighted by Gasteiger charge is 2.04. The molecule has 0 unspecified atom stereocenters. The van der Waals surface area contributed by atoms with E-state index in [0.29, 0.717) is 5.82 Å². The Morgan fingerprint density at radius 1 is 1.39 bits per heavy atom. The van der Waals surface area contributed by atoms with Crippen LogP contribution in [0.1, 0.15) is 0 Å². The molecule has 2 aromatic rings. The minimum Gasteiger partial charge on any atom is -0.465 e. The summed E-state index contributed by atoms with van der Waals surface area (Å²) >= 11 is 6.40. The lowest BCUT2D eigenvalue weighted by molar-refractivity contribution is 0.200. The molecule has 92 valence electrons. The summed E-state index contributed by atoms with van der Waals surface area (Å²) in [6, 6.07) is 7.38. The lowest BCUT2D eigenvalue weighted by atomic mass is 10.2. The van der Waals surface area contributed by atoms with Gasteiger partial charge >= 0.3 is 6.09 Å². The van der Waals surface area contributed by atoms with Gasteiger partial charge in [0, 0.05) is 10.9 Å². The zero-order valence-corrected chi connectivity index (χ0v) is 10.7. The smallest absolute Gasteiger partial charge is 0.410 e. The number of hydrogen-bond donors (Lipinski definition) is 3. The van der Waals surface area contributed by atoms with Crippen molar-refractivity contribution in [2.24, 2.45) is 0 Å². The molecule has 0 bridgehead atoms. The van der Waals surface area contributed by atoms with Crippen LogP contribution in [0, 0.1) is 0 Å². The molecule has 2 rings (SSSR count). The predicted octanol–water partition coefficient (Wildman–Crippen LogP) is 2.77. The Labute approximate surface area is 112 Å². The number of nitrogens with zero attached hydrogens (tertiary/aromatic N) is 1. The van der Waals surface area contributed by atoms with Gasteiger partial charge in [-0.1, -0.05) is 6.07 Å². The molecule has 7 heteroatoms. The molecular formula is C11H9N3O2S2. The Bertz CT molecular complexity index is 569. The third-order valence-electron chi connectivity index (χ3n) is 2.03. The molecule has 0 aliphatic heterocycles. The van der Waals surface area contributed by atoms with Gasteiger partial charge in [0.25, 0.3) is 0 Å². The number of pyridine rings is 1. The van der Waals surface area contributed by atoms with E-state index in [4.69, 9.17) is 17.3 Å². The number of anilines is 1. The first-order chi connectivity index (χ1) is 8.65. The van der Waals surface area contributed by atoms with Crippen LogP contribution in [-0.4, -0.2) is 21.3 Å². The van der Waals surface area contributed by atoms with E-state index in [1.807, 2.05) is 34.3 Å². The van der Waals surface area contributed by atoms with Gasteiger partial charge in [0.05, 0.1) is 5.69 Å². The molecule has 3 N–H and O–H groups in total. The second-order valence-electron chi connectivity index (χ2n) is 3.30. The van der Waals surface area contributed by atoms with Crippen molar-refractivity contribution in [2.45, 2.75) is 0 Å². The summed E-state index contributed by atoms with van der Waals surface area (Å²) in [6.07, 6.45) is -1.21. The average molecular weight is 279 g/mol. The molecule has 5 nitrogen and oxygen atoms in total. The van der Waals surface area contributed by atoms with Crippen molar-refractivity contribution in [1.82, 2.24) is 10.3 Å². The number of carbonyl (C=O) groups is 1. The summed E-state index contributed by atoms with van der Waals surface area (Å²) in [5, 5.41) is 17.2. The lowest BCUT2D eigenvalue weighted by Crippen LogP contribution is -2.32. The molecule has 0 saturated carbocycles. The standard InChI is InChI=1S/C11H9N3O2S2/c15-11(16)14-10(17)13-9-3-1-2-8(12-9)7-4-5-18-6-7/h1-6H,(H,15,16)(H2,12,13,14,17). The van der Waals surface area contributed by atoms with Gasteiger partial charge < -0.3 is 10.4 Å². The van der Waals surface area contributed by atoms with Crippen LogP contribution < -0.4 is 10.6 Å². The van der Waals surface area contributed by atoms with E-state index in [1.165, 1.54) is 0 Å². The van der Waals surface area contributed by atoms with Crippen LogP contribution in [-0.2, 0) is 0 Å². The van der Waals surface area contributed by atoms with Gasteiger partial charge in [0.2, 0.25) is 0 Å². The molecule has 2 heterocycles. The van der Waals surface area contributed by atoms with Crippen molar-refractivity contribution in [3.8, 4) is 11.3 Å². The molecule has 0 saturated heterocycles. The molecule has 1 amide bonds. The second-order valence-corrected chi connectivity index (χ2v) is 4.49. The van der Waals surface area contributed by atoms with E-state index in [9.17, 15) is 4.79 Å². The maximum absolute atomic E-state index is 10.4. The Morgan fingerprint density at radius 3 is 2.89 bits per heavy atom. The van der Waals surface area contributed by atoms with Crippen molar-refractivity contribution >= 4 is 40.6 Å². The largest absolute Gasteiger partial charge is 0.465 e. The summed E-state index contributed by atoms with van der Waals surface area (Å²) < 4.78 is 0. The van der Waals surface area contributed by atoms with Gasteiger partial charge in [0.15, 0.2) is 5.11 Å². The minimum absolute atomic E-state index is 0.00234. The number of rotatable bonds is 2. The number of thiophene rings is 1. The van der Waals surface area contributed by atoms with E-state index in [1.54, 1.807) is 17.4 Å². The van der Waals surface area contributed by atoms with E-state index >= 15 is 0 Å². The summed E-state index contributed by atoms with van der Waals surface area (Å²) in [7, 11) is 0. The maximum atomic E-state index is 10.4. The highest BCUT2D eigenvalue weighted by molar-refractivity contribution is 7.80. The Balaban J connectivity index is 2.13. The molecule has 0 fully saturated rings. The SMILES string of the molecule is O=C(O)NC(=S)Nc1cccc(-c2ccsc2)n1. The lowest BCUT2D eigenvalue weighted by Gasteiger charge is -2.07. The fourth-order valence-corrected chi connectivity index (χ4v) is 2.16. The quantitative estimate of drug-likeness (QED) is 0.737. The molecule has 2 aromatic heterocycles.